The Hall–Kier alpha value is -0.730. The first-order valence-corrected chi connectivity index (χ1v) is 5.67. The Labute approximate surface area is 95.4 Å². The zero-order valence-electron chi connectivity index (χ0n) is 9.14. The van der Waals surface area contributed by atoms with Gasteiger partial charge in [-0.25, -0.2) is 0 Å². The molecule has 1 aromatic rings. The lowest BCUT2D eigenvalue weighted by Crippen LogP contribution is -2.20. The first-order chi connectivity index (χ1) is 7.07. The van der Waals surface area contributed by atoms with Gasteiger partial charge in [-0.2, -0.15) is 0 Å². The summed E-state index contributed by atoms with van der Waals surface area (Å²) in [5, 5.41) is 0.661. The number of halogens is 1. The molecule has 1 aliphatic rings. The average Bonchev–Trinajstić information content (AvgIpc) is 2.91. The Balaban J connectivity index is 2.39. The van der Waals surface area contributed by atoms with Crippen molar-refractivity contribution in [2.75, 3.05) is 6.61 Å². The number of hydrogen-bond acceptors (Lipinski definition) is 2. The maximum Gasteiger partial charge on any atom is 0.138 e. The quantitative estimate of drug-likeness (QED) is 0.859. The highest BCUT2D eigenvalue weighted by molar-refractivity contribution is 6.32. The van der Waals surface area contributed by atoms with Gasteiger partial charge >= 0.3 is 0 Å². The lowest BCUT2D eigenvalue weighted by molar-refractivity contribution is 0.340. The van der Waals surface area contributed by atoms with Crippen LogP contribution in [-0.4, -0.2) is 6.61 Å². The van der Waals surface area contributed by atoms with Crippen LogP contribution in [0.3, 0.4) is 0 Å². The molecular weight excluding hydrogens is 210 g/mol. The van der Waals surface area contributed by atoms with Crippen LogP contribution >= 0.6 is 11.6 Å². The summed E-state index contributed by atoms with van der Waals surface area (Å²) in [7, 11) is 0. The van der Waals surface area contributed by atoms with Crippen LogP contribution in [0.15, 0.2) is 12.1 Å². The maximum absolute atomic E-state index is 6.16. The predicted molar refractivity (Wildman–Crippen MR) is 62.5 cm³/mol. The summed E-state index contributed by atoms with van der Waals surface area (Å²) in [6, 6.07) is 3.93. The summed E-state index contributed by atoms with van der Waals surface area (Å²) in [6.45, 7) is 4.64. The number of ether oxygens (including phenoxy) is 1. The van der Waals surface area contributed by atoms with Gasteiger partial charge in [-0.1, -0.05) is 11.6 Å². The van der Waals surface area contributed by atoms with Gasteiger partial charge in [0.25, 0.3) is 0 Å². The molecule has 1 aromatic carbocycles. The average molecular weight is 226 g/mol. The molecule has 0 heterocycles. The standard InChI is InChI=1S/C12H16ClNO/c1-3-15-11-6-8(2)9(7-10(11)13)12(14)4-5-12/h6-7H,3-5,14H2,1-2H3. The summed E-state index contributed by atoms with van der Waals surface area (Å²) in [5.41, 5.74) is 8.37. The molecule has 0 atom stereocenters. The van der Waals surface area contributed by atoms with Gasteiger partial charge in [0.2, 0.25) is 0 Å². The number of aryl methyl sites for hydroxylation is 1. The second kappa shape index (κ2) is 3.69. The molecule has 0 spiro atoms. The van der Waals surface area contributed by atoms with E-state index >= 15 is 0 Å². The van der Waals surface area contributed by atoms with Gasteiger partial charge in [0.05, 0.1) is 11.6 Å². The van der Waals surface area contributed by atoms with Crippen molar-refractivity contribution in [3.63, 3.8) is 0 Å². The van der Waals surface area contributed by atoms with E-state index in [1.165, 1.54) is 5.56 Å². The number of benzene rings is 1. The van der Waals surface area contributed by atoms with E-state index in [1.807, 2.05) is 19.1 Å². The van der Waals surface area contributed by atoms with E-state index in [0.717, 1.165) is 24.2 Å². The number of rotatable bonds is 3. The van der Waals surface area contributed by atoms with Crippen LogP contribution in [0.2, 0.25) is 5.02 Å². The number of nitrogens with two attached hydrogens (primary N) is 1. The molecule has 0 amide bonds. The molecule has 1 aliphatic carbocycles. The van der Waals surface area contributed by atoms with Crippen molar-refractivity contribution in [1.29, 1.82) is 0 Å². The summed E-state index contributed by atoms with van der Waals surface area (Å²) < 4.78 is 5.43. The highest BCUT2D eigenvalue weighted by Gasteiger charge is 2.41. The lowest BCUT2D eigenvalue weighted by Gasteiger charge is -2.15. The van der Waals surface area contributed by atoms with Crippen LogP contribution in [0.4, 0.5) is 0 Å². The first kappa shape index (κ1) is 10.8. The first-order valence-electron chi connectivity index (χ1n) is 5.29. The van der Waals surface area contributed by atoms with Crippen molar-refractivity contribution in [2.24, 2.45) is 5.73 Å². The fourth-order valence-electron chi connectivity index (χ4n) is 1.86. The lowest BCUT2D eigenvalue weighted by atomic mass is 10.00. The highest BCUT2D eigenvalue weighted by atomic mass is 35.5. The molecule has 2 rings (SSSR count). The minimum atomic E-state index is -0.127. The third kappa shape index (κ3) is 1.97. The molecule has 0 aromatic heterocycles. The molecule has 0 bridgehead atoms. The Morgan fingerprint density at radius 1 is 1.47 bits per heavy atom. The van der Waals surface area contributed by atoms with Crippen molar-refractivity contribution in [3.05, 3.63) is 28.3 Å². The zero-order valence-corrected chi connectivity index (χ0v) is 9.90. The SMILES string of the molecule is CCOc1cc(C)c(C2(N)CC2)cc1Cl. The smallest absolute Gasteiger partial charge is 0.138 e. The maximum atomic E-state index is 6.16. The summed E-state index contributed by atoms with van der Waals surface area (Å²) in [5.74, 6) is 0.754. The molecule has 0 aliphatic heterocycles. The van der Waals surface area contributed by atoms with Crippen molar-refractivity contribution in [1.82, 2.24) is 0 Å². The molecule has 82 valence electrons. The molecule has 3 heteroatoms. The van der Waals surface area contributed by atoms with Crippen molar-refractivity contribution in [3.8, 4) is 5.75 Å². The van der Waals surface area contributed by atoms with Crippen LogP contribution in [0.5, 0.6) is 5.75 Å². The van der Waals surface area contributed by atoms with Gasteiger partial charge in [0.15, 0.2) is 0 Å². The minimum absolute atomic E-state index is 0.127. The van der Waals surface area contributed by atoms with E-state index in [-0.39, 0.29) is 5.54 Å². The van der Waals surface area contributed by atoms with Crippen LogP contribution in [0, 0.1) is 6.92 Å². The van der Waals surface area contributed by atoms with Crippen molar-refractivity contribution >= 4 is 11.6 Å². The topological polar surface area (TPSA) is 35.2 Å². The van der Waals surface area contributed by atoms with Gasteiger partial charge < -0.3 is 10.5 Å². The van der Waals surface area contributed by atoms with Crippen molar-refractivity contribution < 1.29 is 4.74 Å². The van der Waals surface area contributed by atoms with Gasteiger partial charge in [0.1, 0.15) is 5.75 Å². The molecule has 2 N–H and O–H groups in total. The Bertz CT molecular complexity index is 385. The van der Waals surface area contributed by atoms with Crippen LogP contribution in [0.1, 0.15) is 30.9 Å². The monoisotopic (exact) mass is 225 g/mol. The Kier molecular flexibility index (Phi) is 2.65. The summed E-state index contributed by atoms with van der Waals surface area (Å²) in [6.07, 6.45) is 2.11. The number of hydrogen-bond donors (Lipinski definition) is 1. The highest BCUT2D eigenvalue weighted by Crippen LogP contribution is 2.46. The fourth-order valence-corrected chi connectivity index (χ4v) is 2.08. The second-order valence-electron chi connectivity index (χ2n) is 4.19. The molecule has 1 fully saturated rings. The van der Waals surface area contributed by atoms with Gasteiger partial charge in [-0.15, -0.1) is 0 Å². The summed E-state index contributed by atoms with van der Waals surface area (Å²) >= 11 is 6.13. The van der Waals surface area contributed by atoms with E-state index in [9.17, 15) is 0 Å². The Morgan fingerprint density at radius 2 is 2.13 bits per heavy atom. The van der Waals surface area contributed by atoms with E-state index in [1.54, 1.807) is 0 Å². The van der Waals surface area contributed by atoms with Gasteiger partial charge in [-0.3, -0.25) is 0 Å². The molecular formula is C12H16ClNO. The third-order valence-corrected chi connectivity index (χ3v) is 3.20. The molecule has 15 heavy (non-hydrogen) atoms. The van der Waals surface area contributed by atoms with Crippen LogP contribution in [0.25, 0.3) is 0 Å². The molecule has 1 saturated carbocycles. The third-order valence-electron chi connectivity index (χ3n) is 2.90. The Morgan fingerprint density at radius 3 is 2.67 bits per heavy atom. The normalized spacial score (nSPS) is 17.6. The zero-order chi connectivity index (χ0) is 11.1. The van der Waals surface area contributed by atoms with E-state index < -0.39 is 0 Å². The minimum Gasteiger partial charge on any atom is -0.492 e. The van der Waals surface area contributed by atoms with E-state index in [2.05, 4.69) is 6.92 Å². The molecule has 2 nitrogen and oxygen atoms in total. The fraction of sp³-hybridized carbons (Fsp3) is 0.500. The largest absolute Gasteiger partial charge is 0.492 e. The van der Waals surface area contributed by atoms with Crippen LogP contribution < -0.4 is 10.5 Å². The van der Waals surface area contributed by atoms with Gasteiger partial charge in [0, 0.05) is 5.54 Å². The predicted octanol–water partition coefficient (Wildman–Crippen LogP) is 2.99. The summed E-state index contributed by atoms with van der Waals surface area (Å²) in [4.78, 5) is 0. The molecule has 0 saturated heterocycles. The van der Waals surface area contributed by atoms with Crippen molar-refractivity contribution in [2.45, 2.75) is 32.2 Å². The molecule has 0 radical (unpaired) electrons. The van der Waals surface area contributed by atoms with E-state index in [0.29, 0.717) is 11.6 Å². The van der Waals surface area contributed by atoms with E-state index in [4.69, 9.17) is 22.1 Å². The van der Waals surface area contributed by atoms with Crippen LogP contribution in [-0.2, 0) is 5.54 Å². The molecule has 0 unspecified atom stereocenters. The second-order valence-corrected chi connectivity index (χ2v) is 4.59. The van der Waals surface area contributed by atoms with Gasteiger partial charge in [-0.05, 0) is 49.9 Å².